The molecule has 0 unspecified atom stereocenters. The van der Waals surface area contributed by atoms with Gasteiger partial charge in [0.25, 0.3) is 0 Å². The first kappa shape index (κ1) is 45.0. The van der Waals surface area contributed by atoms with Crippen LogP contribution in [0.1, 0.15) is 132 Å². The number of aryl methyl sites for hydroxylation is 3. The lowest BCUT2D eigenvalue weighted by Crippen LogP contribution is -2.27. The second kappa shape index (κ2) is 28.1. The van der Waals surface area contributed by atoms with Crippen LogP contribution >= 0.6 is 11.3 Å². The molecule has 2 aromatic carbocycles. The molecule has 1 aromatic heterocycles. The molecule has 0 aliphatic rings. The van der Waals surface area contributed by atoms with Crippen molar-refractivity contribution in [2.75, 3.05) is 26.2 Å². The quantitative estimate of drug-likeness (QED) is 0.132. The third-order valence-corrected chi connectivity index (χ3v) is 7.73. The summed E-state index contributed by atoms with van der Waals surface area (Å²) in [5, 5.41) is 20.7. The molecule has 3 aromatic rings. The Balaban J connectivity index is 0. The number of hydrogen-bond donors (Lipinski definition) is 2. The molecule has 7 heteroatoms. The highest BCUT2D eigenvalue weighted by Crippen LogP contribution is 2.28. The molecule has 260 valence electrons. The fourth-order valence-corrected chi connectivity index (χ4v) is 5.12. The molecule has 0 spiro atoms. The maximum absolute atomic E-state index is 11.0. The molecule has 2 N–H and O–H groups in total. The van der Waals surface area contributed by atoms with E-state index in [-0.39, 0.29) is 34.2 Å². The van der Waals surface area contributed by atoms with Gasteiger partial charge in [0.05, 0.1) is 17.7 Å². The van der Waals surface area contributed by atoms with Crippen molar-refractivity contribution in [3.8, 4) is 17.2 Å². The summed E-state index contributed by atoms with van der Waals surface area (Å²) in [5.41, 5.74) is 2.94. The number of benzene rings is 2. The highest BCUT2D eigenvalue weighted by molar-refractivity contribution is 7.09. The van der Waals surface area contributed by atoms with Gasteiger partial charge in [0.2, 0.25) is 0 Å². The maximum atomic E-state index is 11.0. The summed E-state index contributed by atoms with van der Waals surface area (Å²) in [4.78, 5) is 26.0. The number of ether oxygens (including phenoxy) is 1. The first-order chi connectivity index (χ1) is 22.1. The lowest BCUT2D eigenvalue weighted by Gasteiger charge is -2.20. The topological polar surface area (TPSA) is 87.1 Å². The molecule has 0 amide bonds. The zero-order valence-corrected chi connectivity index (χ0v) is 31.5. The Bertz CT molecular complexity index is 1170. The summed E-state index contributed by atoms with van der Waals surface area (Å²) >= 11 is 1.82. The number of rotatable bonds is 14. The fraction of sp³-hybridized carbons (Fsp3) is 0.538. The molecule has 3 rings (SSSR count). The first-order valence-electron chi connectivity index (χ1n) is 17.2. The molecule has 6 nitrogen and oxygen atoms in total. The number of ketones is 2. The van der Waals surface area contributed by atoms with Gasteiger partial charge in [-0.05, 0) is 106 Å². The average Bonchev–Trinajstić information content (AvgIpc) is 3.60. The van der Waals surface area contributed by atoms with Gasteiger partial charge in [-0.1, -0.05) is 74.4 Å². The molecule has 46 heavy (non-hydrogen) atoms. The Hall–Kier alpha value is -3.16. The number of carbonyl (C=O) groups excluding carboxylic acids is 2. The molecule has 0 saturated carbocycles. The minimum Gasteiger partial charge on any atom is -0.507 e. The minimum absolute atomic E-state index is 0.0352. The number of Topliss-reactive ketones (excluding diaryl/α,β-unsaturated/α-hetero) is 2. The molecule has 0 aliphatic carbocycles. The van der Waals surface area contributed by atoms with Gasteiger partial charge in [-0.25, -0.2) is 0 Å². The van der Waals surface area contributed by atoms with E-state index in [1.54, 1.807) is 0 Å². The fourth-order valence-electron chi connectivity index (χ4n) is 4.47. The van der Waals surface area contributed by atoms with Crippen molar-refractivity contribution in [1.29, 1.82) is 0 Å². The Morgan fingerprint density at radius 3 is 1.65 bits per heavy atom. The molecule has 0 atom stereocenters. The van der Waals surface area contributed by atoms with Crippen molar-refractivity contribution < 1.29 is 24.5 Å². The summed E-state index contributed by atoms with van der Waals surface area (Å²) in [6.45, 7) is 26.0. The minimum atomic E-state index is -0.356. The molecule has 0 fully saturated rings. The van der Waals surface area contributed by atoms with Crippen LogP contribution in [0.25, 0.3) is 0 Å². The standard InChI is InChI=1S/C19H33NO.C10H10O4.C6H8S.2C2H6/c1-5-12-20(13-6-2)14-9-15-21-19-11-10-17(7-3)18(8-4)16-19;1-5(11)7-3-8(6(2)12)10(14)4-9(7)13;1-2-6-4-3-5-7-6;2*1-2/h10-11,16H,5-9,12-15H2,1-4H3;3-4,13-14H,1-2H3;3-5H,2H2,1H3;2*1-2H3. The van der Waals surface area contributed by atoms with Crippen LogP contribution in [0, 0.1) is 0 Å². The summed E-state index contributed by atoms with van der Waals surface area (Å²) in [5.74, 6) is -0.323. The van der Waals surface area contributed by atoms with Crippen LogP contribution in [0.3, 0.4) is 0 Å². The molecule has 1 heterocycles. The predicted octanol–water partition coefficient (Wildman–Crippen LogP) is 10.6. The van der Waals surface area contributed by atoms with Crippen molar-refractivity contribution in [2.24, 2.45) is 0 Å². The summed E-state index contributed by atoms with van der Waals surface area (Å²) in [6.07, 6.45) is 6.95. The normalized spacial score (nSPS) is 9.74. The Kier molecular flexibility index (Phi) is 27.5. The van der Waals surface area contributed by atoms with E-state index in [9.17, 15) is 19.8 Å². The van der Waals surface area contributed by atoms with E-state index >= 15 is 0 Å². The number of hydrogen-bond acceptors (Lipinski definition) is 7. The second-order valence-corrected chi connectivity index (χ2v) is 11.1. The lowest BCUT2D eigenvalue weighted by atomic mass is 10.0. The molecule has 0 saturated heterocycles. The summed E-state index contributed by atoms with van der Waals surface area (Å²) < 4.78 is 5.93. The third kappa shape index (κ3) is 18.1. The van der Waals surface area contributed by atoms with Crippen LogP contribution in [-0.4, -0.2) is 52.9 Å². The third-order valence-electron chi connectivity index (χ3n) is 6.71. The molecular weight excluding hydrogens is 594 g/mol. The van der Waals surface area contributed by atoms with Crippen molar-refractivity contribution in [2.45, 2.75) is 115 Å². The number of aromatic hydroxyl groups is 2. The van der Waals surface area contributed by atoms with Crippen molar-refractivity contribution in [1.82, 2.24) is 4.90 Å². The molecule has 0 aliphatic heterocycles. The van der Waals surface area contributed by atoms with Crippen molar-refractivity contribution in [3.05, 3.63) is 75.0 Å². The number of carbonyl (C=O) groups is 2. The average molecular weight is 658 g/mol. The smallest absolute Gasteiger partial charge is 0.163 e. The molecule has 0 radical (unpaired) electrons. The highest BCUT2D eigenvalue weighted by Gasteiger charge is 2.14. The van der Waals surface area contributed by atoms with Gasteiger partial charge in [-0.2, -0.15) is 0 Å². The second-order valence-electron chi connectivity index (χ2n) is 10.1. The largest absolute Gasteiger partial charge is 0.507 e. The predicted molar refractivity (Wildman–Crippen MR) is 199 cm³/mol. The van der Waals surface area contributed by atoms with Gasteiger partial charge in [-0.15, -0.1) is 11.3 Å². The number of phenolic OH excluding ortho intramolecular Hbond substituents is 2. The van der Waals surface area contributed by atoms with Gasteiger partial charge < -0.3 is 19.8 Å². The monoisotopic (exact) mass is 657 g/mol. The summed E-state index contributed by atoms with van der Waals surface area (Å²) in [7, 11) is 0. The first-order valence-corrected chi connectivity index (χ1v) is 18.1. The summed E-state index contributed by atoms with van der Waals surface area (Å²) in [6, 6.07) is 13.0. The van der Waals surface area contributed by atoms with Crippen LogP contribution in [0.5, 0.6) is 17.2 Å². The van der Waals surface area contributed by atoms with Gasteiger partial charge in [-0.3, -0.25) is 9.59 Å². The van der Waals surface area contributed by atoms with E-state index in [2.05, 4.69) is 75.2 Å². The van der Waals surface area contributed by atoms with Crippen molar-refractivity contribution >= 4 is 22.9 Å². The lowest BCUT2D eigenvalue weighted by molar-refractivity contribution is 0.101. The van der Waals surface area contributed by atoms with Crippen LogP contribution < -0.4 is 4.74 Å². The van der Waals surface area contributed by atoms with Gasteiger partial charge in [0.1, 0.15) is 17.2 Å². The van der Waals surface area contributed by atoms with E-state index < -0.39 is 0 Å². The zero-order valence-electron chi connectivity index (χ0n) is 30.7. The van der Waals surface area contributed by atoms with Crippen LogP contribution in [-0.2, 0) is 19.3 Å². The SMILES string of the molecule is CC.CC.CC(=O)c1cc(C(C)=O)c(O)cc1O.CCCN(CCC)CCCOc1ccc(CC)c(CC)c1.CCc1cccs1. The van der Waals surface area contributed by atoms with E-state index in [4.69, 9.17) is 4.74 Å². The Morgan fingerprint density at radius 1 is 0.717 bits per heavy atom. The molecule has 0 bridgehead atoms. The van der Waals surface area contributed by atoms with E-state index in [1.807, 2.05) is 39.0 Å². The Labute approximate surface area is 284 Å². The van der Waals surface area contributed by atoms with Gasteiger partial charge in [0.15, 0.2) is 11.6 Å². The zero-order chi connectivity index (χ0) is 35.5. The maximum Gasteiger partial charge on any atom is 0.163 e. The number of phenols is 2. The van der Waals surface area contributed by atoms with Crippen LogP contribution in [0.4, 0.5) is 0 Å². The number of thiophene rings is 1. The van der Waals surface area contributed by atoms with E-state index in [0.29, 0.717) is 0 Å². The van der Waals surface area contributed by atoms with Gasteiger partial charge in [0, 0.05) is 17.5 Å². The Morgan fingerprint density at radius 2 is 1.26 bits per heavy atom. The van der Waals surface area contributed by atoms with E-state index in [1.165, 1.54) is 68.3 Å². The van der Waals surface area contributed by atoms with Gasteiger partial charge >= 0.3 is 0 Å². The highest BCUT2D eigenvalue weighted by atomic mass is 32.1. The van der Waals surface area contributed by atoms with Crippen molar-refractivity contribution in [3.63, 3.8) is 0 Å². The molecular formula is C39H63NO5S. The van der Waals surface area contributed by atoms with E-state index in [0.717, 1.165) is 44.2 Å². The number of nitrogens with zero attached hydrogens (tertiary/aromatic N) is 1. The van der Waals surface area contributed by atoms with Crippen LogP contribution in [0.2, 0.25) is 0 Å². The van der Waals surface area contributed by atoms with Crippen LogP contribution in [0.15, 0.2) is 47.8 Å².